The fourth-order valence-corrected chi connectivity index (χ4v) is 0.866. The van der Waals surface area contributed by atoms with Crippen molar-refractivity contribution in [2.75, 3.05) is 6.61 Å². The molecule has 0 amide bonds. The summed E-state index contributed by atoms with van der Waals surface area (Å²) >= 11 is -3.24. The summed E-state index contributed by atoms with van der Waals surface area (Å²) < 4.78 is 43.5. The molecule has 0 bridgehead atoms. The van der Waals surface area contributed by atoms with Gasteiger partial charge in [-0.2, -0.15) is 8.78 Å². The zero-order valence-electron chi connectivity index (χ0n) is 6.17. The Hall–Kier alpha value is -0.0700. The standard InChI is InChI=1S/C5H10F2O3S/c1-4(2,3-8)5(6,7)11(9)10/h8H,3H2,1-2H3,(H,9,10). The van der Waals surface area contributed by atoms with E-state index in [9.17, 15) is 13.0 Å². The maximum Gasteiger partial charge on any atom is 0.352 e. The van der Waals surface area contributed by atoms with Gasteiger partial charge in [0.25, 0.3) is 0 Å². The first-order valence-corrected chi connectivity index (χ1v) is 3.96. The van der Waals surface area contributed by atoms with Gasteiger partial charge in [-0.05, 0) is 0 Å². The first-order valence-electron chi connectivity index (χ1n) is 2.85. The Morgan fingerprint density at radius 1 is 1.45 bits per heavy atom. The monoisotopic (exact) mass is 188 g/mol. The summed E-state index contributed by atoms with van der Waals surface area (Å²) in [6.45, 7) is 1.19. The molecule has 0 aliphatic carbocycles. The molecule has 0 saturated carbocycles. The third kappa shape index (κ3) is 1.94. The average molecular weight is 188 g/mol. The van der Waals surface area contributed by atoms with E-state index in [0.717, 1.165) is 13.8 Å². The van der Waals surface area contributed by atoms with Crippen LogP contribution in [0.4, 0.5) is 8.78 Å². The van der Waals surface area contributed by atoms with Crippen LogP contribution in [0.25, 0.3) is 0 Å². The van der Waals surface area contributed by atoms with Crippen LogP contribution in [0, 0.1) is 5.41 Å². The molecule has 0 saturated heterocycles. The molecular formula is C5H10F2O3S. The van der Waals surface area contributed by atoms with E-state index >= 15 is 0 Å². The molecule has 0 aliphatic heterocycles. The van der Waals surface area contributed by atoms with Crippen molar-refractivity contribution in [3.05, 3.63) is 0 Å². The third-order valence-electron chi connectivity index (χ3n) is 1.40. The Morgan fingerprint density at radius 3 is 1.91 bits per heavy atom. The van der Waals surface area contributed by atoms with Gasteiger partial charge in [0.15, 0.2) is 0 Å². The van der Waals surface area contributed by atoms with E-state index in [4.69, 9.17) is 9.66 Å². The molecule has 6 heteroatoms. The highest BCUT2D eigenvalue weighted by atomic mass is 32.2. The lowest BCUT2D eigenvalue weighted by atomic mass is 9.95. The van der Waals surface area contributed by atoms with Gasteiger partial charge in [-0.15, -0.1) is 0 Å². The largest absolute Gasteiger partial charge is 0.396 e. The summed E-state index contributed by atoms with van der Waals surface area (Å²) in [7, 11) is 0. The lowest BCUT2D eigenvalue weighted by Crippen LogP contribution is -2.42. The van der Waals surface area contributed by atoms with Gasteiger partial charge >= 0.3 is 5.25 Å². The molecule has 0 aromatic rings. The van der Waals surface area contributed by atoms with Crippen LogP contribution in [0.5, 0.6) is 0 Å². The second-order valence-electron chi connectivity index (χ2n) is 2.81. The highest BCUT2D eigenvalue weighted by Crippen LogP contribution is 2.37. The molecule has 0 spiro atoms. The highest BCUT2D eigenvalue weighted by molar-refractivity contribution is 7.80. The van der Waals surface area contributed by atoms with Crippen molar-refractivity contribution in [1.82, 2.24) is 0 Å². The molecule has 0 rings (SSSR count). The van der Waals surface area contributed by atoms with Crippen LogP contribution in [-0.2, 0) is 11.1 Å². The number of aliphatic hydroxyl groups is 1. The first kappa shape index (κ1) is 10.9. The van der Waals surface area contributed by atoms with Crippen molar-refractivity contribution in [2.45, 2.75) is 19.1 Å². The van der Waals surface area contributed by atoms with E-state index in [0.29, 0.717) is 0 Å². The van der Waals surface area contributed by atoms with Gasteiger partial charge in [0, 0.05) is 0 Å². The topological polar surface area (TPSA) is 57.5 Å². The fraction of sp³-hybridized carbons (Fsp3) is 1.00. The highest BCUT2D eigenvalue weighted by Gasteiger charge is 2.51. The zero-order valence-corrected chi connectivity index (χ0v) is 6.99. The number of hydrogen-bond acceptors (Lipinski definition) is 2. The Bertz CT molecular complexity index is 169. The van der Waals surface area contributed by atoms with Gasteiger partial charge < -0.3 is 9.66 Å². The Morgan fingerprint density at radius 2 is 1.82 bits per heavy atom. The number of aliphatic hydroxyl groups excluding tert-OH is 1. The summed E-state index contributed by atoms with van der Waals surface area (Å²) in [5.74, 6) is 0. The molecule has 0 aromatic carbocycles. The molecule has 0 aromatic heterocycles. The Kier molecular flexibility index (Phi) is 3.10. The van der Waals surface area contributed by atoms with Gasteiger partial charge in [-0.1, -0.05) is 13.8 Å². The molecule has 1 unspecified atom stereocenters. The van der Waals surface area contributed by atoms with Crippen molar-refractivity contribution in [1.29, 1.82) is 0 Å². The van der Waals surface area contributed by atoms with E-state index in [1.54, 1.807) is 0 Å². The summed E-state index contributed by atoms with van der Waals surface area (Å²) in [5.41, 5.74) is -1.87. The average Bonchev–Trinajstić information content (AvgIpc) is 1.87. The van der Waals surface area contributed by atoms with Crippen molar-refractivity contribution in [2.24, 2.45) is 5.41 Å². The fourth-order valence-electron chi connectivity index (χ4n) is 0.328. The molecule has 0 radical (unpaired) electrons. The van der Waals surface area contributed by atoms with Crippen LogP contribution >= 0.6 is 0 Å². The smallest absolute Gasteiger partial charge is 0.352 e. The Labute approximate surface area is 65.7 Å². The molecule has 3 nitrogen and oxygen atoms in total. The quantitative estimate of drug-likeness (QED) is 0.644. The van der Waals surface area contributed by atoms with Gasteiger partial charge in [0.1, 0.15) is 0 Å². The van der Waals surface area contributed by atoms with E-state index < -0.39 is 28.4 Å². The predicted octanol–water partition coefficient (Wildman–Crippen LogP) is 0.819. The summed E-state index contributed by atoms with van der Waals surface area (Å²) in [4.78, 5) is 0. The van der Waals surface area contributed by atoms with E-state index in [1.807, 2.05) is 0 Å². The van der Waals surface area contributed by atoms with Crippen LogP contribution < -0.4 is 0 Å². The maximum absolute atomic E-state index is 12.6. The Balaban J connectivity index is 4.67. The van der Waals surface area contributed by atoms with Gasteiger partial charge in [0.2, 0.25) is 11.1 Å². The number of halogens is 2. The molecule has 68 valence electrons. The summed E-state index contributed by atoms with van der Waals surface area (Å²) in [5, 5.41) is 4.68. The van der Waals surface area contributed by atoms with Gasteiger partial charge in [0.05, 0.1) is 12.0 Å². The minimum atomic E-state index is -3.78. The zero-order chi connectivity index (χ0) is 9.28. The first-order chi connectivity index (χ1) is 4.75. The third-order valence-corrected chi connectivity index (χ3v) is 2.39. The molecule has 11 heavy (non-hydrogen) atoms. The van der Waals surface area contributed by atoms with Crippen LogP contribution in [0.2, 0.25) is 0 Å². The van der Waals surface area contributed by atoms with Crippen LogP contribution in [0.15, 0.2) is 0 Å². The predicted molar refractivity (Wildman–Crippen MR) is 36.6 cm³/mol. The SMILES string of the molecule is CC(C)(CO)C(F)(F)S(=O)O. The van der Waals surface area contributed by atoms with E-state index in [2.05, 4.69) is 0 Å². The summed E-state index contributed by atoms with van der Waals surface area (Å²) in [6, 6.07) is 0. The molecule has 2 N–H and O–H groups in total. The molecule has 1 atom stereocenters. The van der Waals surface area contributed by atoms with E-state index in [1.165, 1.54) is 0 Å². The van der Waals surface area contributed by atoms with Crippen molar-refractivity contribution >= 4 is 11.1 Å². The van der Waals surface area contributed by atoms with Crippen molar-refractivity contribution in [3.63, 3.8) is 0 Å². The van der Waals surface area contributed by atoms with Crippen LogP contribution in [0.1, 0.15) is 13.8 Å². The second kappa shape index (κ2) is 3.12. The summed E-state index contributed by atoms with van der Waals surface area (Å²) in [6.07, 6.45) is 0. The molecule has 0 fully saturated rings. The van der Waals surface area contributed by atoms with Crippen LogP contribution in [-0.4, -0.2) is 25.7 Å². The van der Waals surface area contributed by atoms with Crippen LogP contribution in [0.3, 0.4) is 0 Å². The van der Waals surface area contributed by atoms with E-state index in [-0.39, 0.29) is 0 Å². The number of rotatable bonds is 3. The van der Waals surface area contributed by atoms with Gasteiger partial charge in [-0.3, -0.25) is 0 Å². The molecule has 0 aliphatic rings. The van der Waals surface area contributed by atoms with Gasteiger partial charge in [-0.25, -0.2) is 4.21 Å². The maximum atomic E-state index is 12.6. The van der Waals surface area contributed by atoms with Crippen molar-refractivity contribution < 1.29 is 22.6 Å². The normalized spacial score (nSPS) is 16.5. The molecular weight excluding hydrogens is 178 g/mol. The number of alkyl halides is 2. The lowest BCUT2D eigenvalue weighted by Gasteiger charge is -2.28. The second-order valence-corrected chi connectivity index (χ2v) is 3.82. The molecule has 0 heterocycles. The number of hydrogen-bond donors (Lipinski definition) is 2. The lowest BCUT2D eigenvalue weighted by molar-refractivity contribution is -0.0568. The van der Waals surface area contributed by atoms with Crippen molar-refractivity contribution in [3.8, 4) is 0 Å². The minimum absolute atomic E-state index is 0.841. The minimum Gasteiger partial charge on any atom is -0.396 e.